The molecule has 78 valence electrons. The monoisotopic (exact) mass is 202 g/mol. The van der Waals surface area contributed by atoms with Crippen LogP contribution < -0.4 is 5.32 Å². The molecular formula is C8H11FN2O3. The second-order valence-electron chi connectivity index (χ2n) is 3.52. The molecule has 14 heavy (non-hydrogen) atoms. The molecule has 0 atom stereocenters. The number of halogens is 1. The summed E-state index contributed by atoms with van der Waals surface area (Å²) in [5.41, 5.74) is -0.383. The van der Waals surface area contributed by atoms with E-state index in [9.17, 15) is 9.18 Å². The van der Waals surface area contributed by atoms with Crippen LogP contribution in [0.3, 0.4) is 0 Å². The number of amides is 1. The van der Waals surface area contributed by atoms with E-state index in [0.717, 1.165) is 0 Å². The van der Waals surface area contributed by atoms with Crippen LogP contribution in [0.4, 0.5) is 15.1 Å². The lowest BCUT2D eigenvalue weighted by Gasteiger charge is -2.15. The second kappa shape index (κ2) is 3.65. The van der Waals surface area contributed by atoms with Gasteiger partial charge in [-0.3, -0.25) is 9.71 Å². The number of nitrogens with zero attached hydrogens (tertiary/aromatic N) is 1. The van der Waals surface area contributed by atoms with Gasteiger partial charge in [-0.2, -0.15) is 0 Å². The molecule has 2 N–H and O–H groups in total. The molecular weight excluding hydrogens is 191 g/mol. The Kier molecular flexibility index (Phi) is 2.73. The molecule has 1 amide bonds. The van der Waals surface area contributed by atoms with Crippen molar-refractivity contribution in [1.82, 2.24) is 5.16 Å². The molecule has 1 aromatic heterocycles. The number of rotatable bonds is 3. The Labute approximate surface area is 79.9 Å². The first-order chi connectivity index (χ1) is 6.45. The third-order valence-corrected chi connectivity index (χ3v) is 1.77. The minimum atomic E-state index is -1.24. The normalized spacial score (nSPS) is 11.4. The molecule has 0 aliphatic heterocycles. The van der Waals surface area contributed by atoms with Gasteiger partial charge in [-0.15, -0.1) is 0 Å². The van der Waals surface area contributed by atoms with Gasteiger partial charge in [0, 0.05) is 11.5 Å². The highest BCUT2D eigenvalue weighted by Gasteiger charge is 2.25. The summed E-state index contributed by atoms with van der Waals surface area (Å²) in [6.07, 6.45) is -1.24. The Morgan fingerprint density at radius 2 is 2.43 bits per heavy atom. The zero-order valence-electron chi connectivity index (χ0n) is 7.87. The van der Waals surface area contributed by atoms with Crippen molar-refractivity contribution in [3.8, 4) is 0 Å². The maximum atomic E-state index is 12.5. The van der Waals surface area contributed by atoms with E-state index >= 15 is 0 Å². The van der Waals surface area contributed by atoms with Gasteiger partial charge >= 0.3 is 6.09 Å². The molecule has 1 aromatic rings. The van der Waals surface area contributed by atoms with E-state index in [1.807, 2.05) is 5.32 Å². The number of carboxylic acid groups (broad SMARTS) is 1. The van der Waals surface area contributed by atoms with Gasteiger partial charge in [0.05, 0.1) is 5.69 Å². The average Bonchev–Trinajstić information content (AvgIpc) is 2.52. The maximum absolute atomic E-state index is 12.5. The van der Waals surface area contributed by atoms with E-state index in [-0.39, 0.29) is 5.88 Å². The zero-order chi connectivity index (χ0) is 10.8. The fourth-order valence-electron chi connectivity index (χ4n) is 0.827. The quantitative estimate of drug-likeness (QED) is 0.786. The van der Waals surface area contributed by atoms with Crippen LogP contribution in [0.15, 0.2) is 10.6 Å². The van der Waals surface area contributed by atoms with Gasteiger partial charge in [-0.25, -0.2) is 4.79 Å². The SMILES string of the molecule is CC(C)(CF)c1cc(NC(=O)O)on1. The highest BCUT2D eigenvalue weighted by molar-refractivity contribution is 5.80. The topological polar surface area (TPSA) is 75.4 Å². The molecule has 0 aromatic carbocycles. The maximum Gasteiger partial charge on any atom is 0.411 e. The zero-order valence-corrected chi connectivity index (χ0v) is 7.87. The molecule has 0 aliphatic rings. The van der Waals surface area contributed by atoms with E-state index in [0.29, 0.717) is 5.69 Å². The Balaban J connectivity index is 2.82. The molecule has 0 saturated heterocycles. The summed E-state index contributed by atoms with van der Waals surface area (Å²) in [6, 6.07) is 1.37. The summed E-state index contributed by atoms with van der Waals surface area (Å²) in [5, 5.41) is 13.9. The molecule has 0 aliphatic carbocycles. The summed E-state index contributed by atoms with van der Waals surface area (Å²) in [4.78, 5) is 10.2. The standard InChI is InChI=1S/C8H11FN2O3/c1-8(2,4-9)5-3-6(14-11-5)10-7(12)13/h3,10H,4H2,1-2H3,(H,12,13). The van der Waals surface area contributed by atoms with Crippen molar-refractivity contribution in [2.45, 2.75) is 19.3 Å². The number of hydrogen-bond donors (Lipinski definition) is 2. The molecule has 5 nitrogen and oxygen atoms in total. The second-order valence-corrected chi connectivity index (χ2v) is 3.52. The fraction of sp³-hybridized carbons (Fsp3) is 0.500. The Morgan fingerprint density at radius 1 is 1.79 bits per heavy atom. The third-order valence-electron chi connectivity index (χ3n) is 1.77. The predicted octanol–water partition coefficient (Wildman–Crippen LogP) is 2.01. The largest absolute Gasteiger partial charge is 0.465 e. The number of alkyl halides is 1. The molecule has 0 radical (unpaired) electrons. The molecule has 1 rings (SSSR count). The van der Waals surface area contributed by atoms with E-state index in [2.05, 4.69) is 9.68 Å². The lowest BCUT2D eigenvalue weighted by molar-refractivity contribution is 0.208. The van der Waals surface area contributed by atoms with E-state index in [1.165, 1.54) is 6.07 Å². The van der Waals surface area contributed by atoms with Gasteiger partial charge in [0.1, 0.15) is 6.67 Å². The van der Waals surface area contributed by atoms with Crippen LogP contribution in [-0.4, -0.2) is 23.0 Å². The predicted molar refractivity (Wildman–Crippen MR) is 47.2 cm³/mol. The first-order valence-electron chi connectivity index (χ1n) is 3.99. The van der Waals surface area contributed by atoms with Crippen LogP contribution in [0.1, 0.15) is 19.5 Å². The van der Waals surface area contributed by atoms with Crippen molar-refractivity contribution >= 4 is 12.0 Å². The van der Waals surface area contributed by atoms with Gasteiger partial charge in [0.25, 0.3) is 0 Å². The van der Waals surface area contributed by atoms with Crippen molar-refractivity contribution < 1.29 is 18.8 Å². The van der Waals surface area contributed by atoms with Crippen molar-refractivity contribution in [1.29, 1.82) is 0 Å². The van der Waals surface area contributed by atoms with Gasteiger partial charge in [-0.1, -0.05) is 19.0 Å². The Hall–Kier alpha value is -1.59. The van der Waals surface area contributed by atoms with Crippen molar-refractivity contribution in [2.75, 3.05) is 12.0 Å². The molecule has 0 bridgehead atoms. The minimum Gasteiger partial charge on any atom is -0.465 e. The first kappa shape index (κ1) is 10.5. The number of aromatic nitrogens is 1. The van der Waals surface area contributed by atoms with Crippen LogP contribution in [-0.2, 0) is 5.41 Å². The van der Waals surface area contributed by atoms with E-state index in [4.69, 9.17) is 5.11 Å². The number of hydrogen-bond acceptors (Lipinski definition) is 3. The summed E-state index contributed by atoms with van der Waals surface area (Å²) < 4.78 is 17.2. The number of nitrogens with one attached hydrogen (secondary N) is 1. The van der Waals surface area contributed by atoms with Crippen molar-refractivity contribution in [3.05, 3.63) is 11.8 Å². The van der Waals surface area contributed by atoms with Crippen LogP contribution in [0, 0.1) is 0 Å². The number of anilines is 1. The van der Waals surface area contributed by atoms with Crippen LogP contribution >= 0.6 is 0 Å². The lowest BCUT2D eigenvalue weighted by Crippen LogP contribution is -2.19. The average molecular weight is 202 g/mol. The summed E-state index contributed by atoms with van der Waals surface area (Å²) in [5.74, 6) is -0.00553. The molecule has 0 unspecified atom stereocenters. The van der Waals surface area contributed by atoms with E-state index in [1.54, 1.807) is 13.8 Å². The highest BCUT2D eigenvalue weighted by atomic mass is 19.1. The van der Waals surface area contributed by atoms with Crippen molar-refractivity contribution in [3.63, 3.8) is 0 Å². The smallest absolute Gasteiger partial charge is 0.411 e. The highest BCUT2D eigenvalue weighted by Crippen LogP contribution is 2.24. The summed E-state index contributed by atoms with van der Waals surface area (Å²) in [7, 11) is 0. The van der Waals surface area contributed by atoms with Gasteiger partial charge in [-0.05, 0) is 0 Å². The van der Waals surface area contributed by atoms with Crippen molar-refractivity contribution in [2.24, 2.45) is 0 Å². The van der Waals surface area contributed by atoms with Gasteiger partial charge < -0.3 is 9.63 Å². The van der Waals surface area contributed by atoms with Gasteiger partial charge in [0.2, 0.25) is 5.88 Å². The summed E-state index contributed by atoms with van der Waals surface area (Å²) in [6.45, 7) is 2.71. The molecule has 6 heteroatoms. The van der Waals surface area contributed by atoms with Crippen LogP contribution in [0.2, 0.25) is 0 Å². The van der Waals surface area contributed by atoms with E-state index < -0.39 is 18.2 Å². The first-order valence-corrected chi connectivity index (χ1v) is 3.99. The van der Waals surface area contributed by atoms with Crippen LogP contribution in [0.25, 0.3) is 0 Å². The fourth-order valence-corrected chi connectivity index (χ4v) is 0.827. The third kappa shape index (κ3) is 2.21. The summed E-state index contributed by atoms with van der Waals surface area (Å²) >= 11 is 0. The minimum absolute atomic E-state index is 0.00553. The van der Waals surface area contributed by atoms with Crippen LogP contribution in [0.5, 0.6) is 0 Å². The Bertz CT molecular complexity index is 335. The Morgan fingerprint density at radius 3 is 2.93 bits per heavy atom. The molecule has 0 saturated carbocycles. The lowest BCUT2D eigenvalue weighted by atomic mass is 9.91. The van der Waals surface area contributed by atoms with Gasteiger partial charge in [0.15, 0.2) is 0 Å². The molecule has 0 fully saturated rings. The molecule has 1 heterocycles. The number of carbonyl (C=O) groups is 1. The molecule has 0 spiro atoms.